The lowest BCUT2D eigenvalue weighted by atomic mass is 10.1. The molecule has 0 radical (unpaired) electrons. The minimum absolute atomic E-state index is 0.178. The Morgan fingerprint density at radius 3 is 2.37 bits per heavy atom. The molecule has 0 saturated carbocycles. The quantitative estimate of drug-likeness (QED) is 0.481. The zero-order valence-electron chi connectivity index (χ0n) is 14.4. The van der Waals surface area contributed by atoms with Crippen molar-refractivity contribution in [3.8, 4) is 28.4 Å². The molecule has 0 aliphatic heterocycles. The summed E-state index contributed by atoms with van der Waals surface area (Å²) in [5, 5.41) is 26.6. The van der Waals surface area contributed by atoms with Gasteiger partial charge in [-0.05, 0) is 24.3 Å². The lowest BCUT2D eigenvalue weighted by molar-refractivity contribution is -0.393. The second kappa shape index (κ2) is 7.12. The van der Waals surface area contributed by atoms with Crippen LogP contribution >= 0.6 is 0 Å². The number of hydrogen-bond acceptors (Lipinski definition) is 7. The Kier molecular flexibility index (Phi) is 4.71. The van der Waals surface area contributed by atoms with Crippen LogP contribution in [0.1, 0.15) is 0 Å². The first kappa shape index (κ1) is 17.9. The average Bonchev–Trinajstić information content (AvgIpc) is 3.16. The van der Waals surface area contributed by atoms with Gasteiger partial charge in [-0.25, -0.2) is 4.68 Å². The highest BCUT2D eigenvalue weighted by Gasteiger charge is 2.22. The minimum atomic E-state index is -0.683. The van der Waals surface area contributed by atoms with E-state index in [0.29, 0.717) is 22.9 Å². The van der Waals surface area contributed by atoms with Gasteiger partial charge in [-0.15, -0.1) is 0 Å². The maximum Gasteiger partial charge on any atom is 0.285 e. The lowest BCUT2D eigenvalue weighted by Gasteiger charge is -2.10. The first-order valence-electron chi connectivity index (χ1n) is 7.66. The van der Waals surface area contributed by atoms with Gasteiger partial charge in [-0.3, -0.25) is 20.2 Å². The summed E-state index contributed by atoms with van der Waals surface area (Å²) in [6.07, 6.45) is 1.62. The van der Waals surface area contributed by atoms with Crippen LogP contribution in [0.15, 0.2) is 48.7 Å². The molecule has 2 aromatic carbocycles. The van der Waals surface area contributed by atoms with Crippen LogP contribution in [-0.4, -0.2) is 33.8 Å². The van der Waals surface area contributed by atoms with E-state index in [0.717, 1.165) is 6.07 Å². The van der Waals surface area contributed by atoms with Gasteiger partial charge in [0.1, 0.15) is 17.2 Å². The van der Waals surface area contributed by atoms with Crippen molar-refractivity contribution in [3.63, 3.8) is 0 Å². The molecule has 0 saturated heterocycles. The number of nitrogens with zero attached hydrogens (tertiary/aromatic N) is 4. The molecular formula is C17H14N4O6. The van der Waals surface area contributed by atoms with Gasteiger partial charge in [0.15, 0.2) is 0 Å². The predicted octanol–water partition coefficient (Wildman–Crippen LogP) is 3.37. The van der Waals surface area contributed by atoms with Crippen LogP contribution in [0.5, 0.6) is 11.5 Å². The lowest BCUT2D eigenvalue weighted by Crippen LogP contribution is -2.00. The second-order valence-electron chi connectivity index (χ2n) is 5.40. The number of aromatic nitrogens is 2. The third-order valence-corrected chi connectivity index (χ3v) is 3.89. The van der Waals surface area contributed by atoms with E-state index < -0.39 is 15.5 Å². The molecule has 0 amide bonds. The van der Waals surface area contributed by atoms with E-state index in [1.807, 2.05) is 0 Å². The van der Waals surface area contributed by atoms with E-state index in [-0.39, 0.29) is 11.3 Å². The van der Waals surface area contributed by atoms with Crippen molar-refractivity contribution in [2.45, 2.75) is 0 Å². The van der Waals surface area contributed by atoms with Gasteiger partial charge < -0.3 is 9.47 Å². The fraction of sp³-hybridized carbons (Fsp3) is 0.118. The summed E-state index contributed by atoms with van der Waals surface area (Å²) in [6, 6.07) is 10.2. The van der Waals surface area contributed by atoms with Crippen LogP contribution in [-0.2, 0) is 0 Å². The standard InChI is InChI=1S/C17H14N4O6/c1-26-12-4-6-15(17(10-12)27-2)19-8-7-14(18-19)13-5-3-11(20(22)23)9-16(13)21(24)25/h3-10H,1-2H3. The summed E-state index contributed by atoms with van der Waals surface area (Å²) in [6.45, 7) is 0. The van der Waals surface area contributed by atoms with Gasteiger partial charge in [-0.1, -0.05) is 0 Å². The highest BCUT2D eigenvalue weighted by atomic mass is 16.6. The van der Waals surface area contributed by atoms with E-state index in [4.69, 9.17) is 9.47 Å². The number of ether oxygens (including phenoxy) is 2. The molecule has 0 fully saturated rings. The summed E-state index contributed by atoms with van der Waals surface area (Å²) in [7, 11) is 3.04. The third-order valence-electron chi connectivity index (χ3n) is 3.89. The Morgan fingerprint density at radius 2 is 1.74 bits per heavy atom. The average molecular weight is 370 g/mol. The number of non-ortho nitro benzene ring substituents is 1. The first-order chi connectivity index (χ1) is 12.9. The van der Waals surface area contributed by atoms with E-state index in [1.54, 1.807) is 30.5 Å². The zero-order chi connectivity index (χ0) is 19.6. The monoisotopic (exact) mass is 370 g/mol. The van der Waals surface area contributed by atoms with Crippen molar-refractivity contribution in [2.24, 2.45) is 0 Å². The highest BCUT2D eigenvalue weighted by molar-refractivity contribution is 5.72. The van der Waals surface area contributed by atoms with Crippen LogP contribution in [0.3, 0.4) is 0 Å². The normalized spacial score (nSPS) is 10.4. The predicted molar refractivity (Wildman–Crippen MR) is 95.4 cm³/mol. The molecule has 0 aliphatic carbocycles. The maximum absolute atomic E-state index is 11.3. The SMILES string of the molecule is COc1ccc(-n2ccc(-c3ccc([N+](=O)[O-])cc3[N+](=O)[O-])n2)c(OC)c1. The molecule has 0 N–H and O–H groups in total. The smallest absolute Gasteiger partial charge is 0.285 e. The van der Waals surface area contributed by atoms with E-state index in [9.17, 15) is 20.2 Å². The molecule has 0 spiro atoms. The van der Waals surface area contributed by atoms with Crippen LogP contribution in [0.25, 0.3) is 16.9 Å². The maximum atomic E-state index is 11.3. The summed E-state index contributed by atoms with van der Waals surface area (Å²) < 4.78 is 12.0. The molecule has 3 aromatic rings. The van der Waals surface area contributed by atoms with Crippen molar-refractivity contribution in [1.29, 1.82) is 0 Å². The molecule has 1 aromatic heterocycles. The van der Waals surface area contributed by atoms with Crippen molar-refractivity contribution < 1.29 is 19.3 Å². The summed E-state index contributed by atoms with van der Waals surface area (Å²) in [4.78, 5) is 20.9. The van der Waals surface area contributed by atoms with Gasteiger partial charge in [0.2, 0.25) is 0 Å². The van der Waals surface area contributed by atoms with Crippen LogP contribution in [0.4, 0.5) is 11.4 Å². The van der Waals surface area contributed by atoms with Crippen molar-refractivity contribution in [1.82, 2.24) is 9.78 Å². The molecule has 1 heterocycles. The van der Waals surface area contributed by atoms with Gasteiger partial charge >= 0.3 is 0 Å². The highest BCUT2D eigenvalue weighted by Crippen LogP contribution is 2.33. The Labute approximate surface area is 152 Å². The summed E-state index contributed by atoms with van der Waals surface area (Å²) >= 11 is 0. The first-order valence-corrected chi connectivity index (χ1v) is 7.66. The van der Waals surface area contributed by atoms with Gasteiger partial charge in [0.25, 0.3) is 11.4 Å². The van der Waals surface area contributed by atoms with E-state index in [2.05, 4.69) is 5.10 Å². The van der Waals surface area contributed by atoms with Gasteiger partial charge in [-0.2, -0.15) is 5.10 Å². The summed E-state index contributed by atoms with van der Waals surface area (Å²) in [5.74, 6) is 1.11. The molecule has 3 rings (SSSR count). The van der Waals surface area contributed by atoms with Gasteiger partial charge in [0, 0.05) is 18.3 Å². The molecule has 0 unspecified atom stereocenters. The molecule has 10 nitrogen and oxygen atoms in total. The van der Waals surface area contributed by atoms with Gasteiger partial charge in [0.05, 0.1) is 41.4 Å². The second-order valence-corrected chi connectivity index (χ2v) is 5.40. The molecule has 0 aliphatic rings. The molecule has 0 atom stereocenters. The Hall–Kier alpha value is -3.95. The fourth-order valence-electron chi connectivity index (χ4n) is 2.58. The number of methoxy groups -OCH3 is 2. The minimum Gasteiger partial charge on any atom is -0.497 e. The molecule has 138 valence electrons. The zero-order valence-corrected chi connectivity index (χ0v) is 14.4. The van der Waals surface area contributed by atoms with Crippen molar-refractivity contribution in [2.75, 3.05) is 14.2 Å². The Balaban J connectivity index is 2.07. The largest absolute Gasteiger partial charge is 0.497 e. The van der Waals surface area contributed by atoms with Crippen LogP contribution in [0, 0.1) is 20.2 Å². The summed E-state index contributed by atoms with van der Waals surface area (Å²) in [5.41, 5.74) is 0.332. The van der Waals surface area contributed by atoms with Crippen molar-refractivity contribution >= 4 is 11.4 Å². The molecule has 27 heavy (non-hydrogen) atoms. The third kappa shape index (κ3) is 3.40. The molecular weight excluding hydrogens is 356 g/mol. The van der Waals surface area contributed by atoms with Crippen molar-refractivity contribution in [3.05, 3.63) is 68.9 Å². The number of nitro benzene ring substituents is 2. The Bertz CT molecular complexity index is 1030. The topological polar surface area (TPSA) is 123 Å². The van der Waals surface area contributed by atoms with E-state index >= 15 is 0 Å². The fourth-order valence-corrected chi connectivity index (χ4v) is 2.58. The number of nitro groups is 2. The Morgan fingerprint density at radius 1 is 0.963 bits per heavy atom. The number of benzene rings is 2. The van der Waals surface area contributed by atoms with Crippen LogP contribution in [0.2, 0.25) is 0 Å². The molecule has 10 heteroatoms. The number of rotatable bonds is 6. The molecule has 0 bridgehead atoms. The van der Waals surface area contributed by atoms with E-state index in [1.165, 1.54) is 31.0 Å². The van der Waals surface area contributed by atoms with Crippen LogP contribution < -0.4 is 9.47 Å². The number of hydrogen-bond donors (Lipinski definition) is 0.